The Labute approximate surface area is 165 Å². The normalized spacial score (nSPS) is 19.6. The fourth-order valence-corrected chi connectivity index (χ4v) is 3.88. The molecule has 1 aromatic heterocycles. The maximum Gasteiger partial charge on any atom is 0.355 e. The van der Waals surface area contributed by atoms with Crippen LogP contribution in [-0.4, -0.2) is 64.4 Å². The van der Waals surface area contributed by atoms with E-state index in [2.05, 4.69) is 11.9 Å². The van der Waals surface area contributed by atoms with Gasteiger partial charge in [0.25, 0.3) is 0 Å². The first kappa shape index (κ1) is 20.4. The first-order valence-electron chi connectivity index (χ1n) is 10.1. The molecule has 7 heteroatoms. The van der Waals surface area contributed by atoms with Crippen molar-refractivity contribution in [3.05, 3.63) is 39.7 Å². The summed E-state index contributed by atoms with van der Waals surface area (Å²) in [6.45, 7) is 10.1. The van der Waals surface area contributed by atoms with Gasteiger partial charge in [0.2, 0.25) is 0 Å². The zero-order valence-electron chi connectivity index (χ0n) is 17.4. The van der Waals surface area contributed by atoms with E-state index in [0.717, 1.165) is 38.4 Å². The number of rotatable bonds is 6. The number of benzene rings is 1. The number of fused-ring (bicyclic) bond motifs is 1. The molecule has 7 nitrogen and oxygen atoms in total. The summed E-state index contributed by atoms with van der Waals surface area (Å²) in [7, 11) is 3.89. The Bertz CT molecular complexity index is 898. The van der Waals surface area contributed by atoms with Gasteiger partial charge in [-0.1, -0.05) is 0 Å². The second kappa shape index (κ2) is 8.75. The predicted molar refractivity (Wildman–Crippen MR) is 110 cm³/mol. The number of pyridine rings is 1. The molecule has 1 aliphatic heterocycles. The number of nitrogens with one attached hydrogen (secondary N) is 3. The highest BCUT2D eigenvalue weighted by molar-refractivity contribution is 5.93. The fraction of sp³-hybridized carbons (Fsp3) is 0.524. The van der Waals surface area contributed by atoms with Crippen LogP contribution in [0.15, 0.2) is 23.0 Å². The molecule has 1 fully saturated rings. The highest BCUT2D eigenvalue weighted by Gasteiger charge is 2.27. The maximum absolute atomic E-state index is 13.4. The molecule has 0 amide bonds. The van der Waals surface area contributed by atoms with Crippen LogP contribution in [0, 0.1) is 0 Å². The quantitative estimate of drug-likeness (QED) is 0.560. The molecular weight excluding hydrogens is 356 g/mol. The lowest BCUT2D eigenvalue weighted by Gasteiger charge is -2.29. The van der Waals surface area contributed by atoms with Gasteiger partial charge in [-0.2, -0.15) is 0 Å². The molecule has 0 saturated carbocycles. The molecule has 2 aromatic rings. The fourth-order valence-electron chi connectivity index (χ4n) is 3.88. The summed E-state index contributed by atoms with van der Waals surface area (Å²) in [5.74, 6) is -0.453. The highest BCUT2D eigenvalue weighted by Crippen LogP contribution is 2.19. The van der Waals surface area contributed by atoms with E-state index in [9.17, 15) is 9.59 Å². The monoisotopic (exact) mass is 388 g/mol. The molecular formula is C21H32N4O3+2. The second-order valence-electron chi connectivity index (χ2n) is 7.68. The van der Waals surface area contributed by atoms with Gasteiger partial charge in [0.05, 0.1) is 24.2 Å². The third kappa shape index (κ3) is 4.20. The molecule has 0 spiro atoms. The summed E-state index contributed by atoms with van der Waals surface area (Å²) < 4.78 is 5.23. The lowest BCUT2D eigenvalue weighted by molar-refractivity contribution is -1.02. The Morgan fingerprint density at radius 3 is 2.43 bits per heavy atom. The van der Waals surface area contributed by atoms with Crippen LogP contribution in [-0.2, 0) is 11.3 Å². The molecule has 0 unspecified atom stereocenters. The first-order valence-corrected chi connectivity index (χ1v) is 10.1. The third-order valence-electron chi connectivity index (χ3n) is 5.67. The minimum absolute atomic E-state index is 0.0710. The third-order valence-corrected chi connectivity index (χ3v) is 5.67. The standard InChI is InChI=1S/C21H30N4O3/c1-5-24-9-11-25(12-10-24)14-17-19(21(27)28-6-2)22-18-8-7-15(23(3)4)13-16(18)20(17)26/h7-8,13H,5-6,9-12,14H2,1-4H3,(H,22,26)/p+2. The van der Waals surface area contributed by atoms with Crippen LogP contribution in [0.2, 0.25) is 0 Å². The second-order valence-corrected chi connectivity index (χ2v) is 7.68. The molecule has 1 aromatic carbocycles. The van der Waals surface area contributed by atoms with Gasteiger partial charge in [-0.05, 0) is 32.0 Å². The van der Waals surface area contributed by atoms with Crippen molar-refractivity contribution in [2.24, 2.45) is 0 Å². The van der Waals surface area contributed by atoms with Gasteiger partial charge in [-0.3, -0.25) is 4.79 Å². The topological polar surface area (TPSA) is 71.3 Å². The number of likely N-dealkylation sites (N-methyl/N-ethyl adjacent to an activating group) is 1. The zero-order chi connectivity index (χ0) is 20.3. The number of esters is 1. The van der Waals surface area contributed by atoms with Crippen molar-refractivity contribution in [3.8, 4) is 0 Å². The number of aromatic nitrogens is 1. The van der Waals surface area contributed by atoms with E-state index in [0.29, 0.717) is 28.7 Å². The first-order chi connectivity index (χ1) is 13.4. The van der Waals surface area contributed by atoms with Gasteiger partial charge in [-0.25, -0.2) is 4.79 Å². The molecule has 3 rings (SSSR count). The van der Waals surface area contributed by atoms with Gasteiger partial charge in [-0.15, -0.1) is 0 Å². The minimum atomic E-state index is -0.453. The molecule has 3 N–H and O–H groups in total. The van der Waals surface area contributed by atoms with Gasteiger partial charge in [0.1, 0.15) is 38.4 Å². The number of piperazine rings is 1. The summed E-state index contributed by atoms with van der Waals surface area (Å²) >= 11 is 0. The number of hydrogen-bond donors (Lipinski definition) is 3. The van der Waals surface area contributed by atoms with Crippen molar-refractivity contribution in [1.29, 1.82) is 0 Å². The molecule has 0 atom stereocenters. The zero-order valence-corrected chi connectivity index (χ0v) is 17.4. The van der Waals surface area contributed by atoms with Crippen LogP contribution in [0.5, 0.6) is 0 Å². The SMILES string of the molecule is CCOC(=O)c1[nH]c2ccc(N(C)C)cc2c(=O)c1C[NH+]1CC[NH+](CC)CC1. The largest absolute Gasteiger partial charge is 0.461 e. The van der Waals surface area contributed by atoms with Crippen molar-refractivity contribution in [2.45, 2.75) is 20.4 Å². The molecule has 1 aliphatic rings. The van der Waals surface area contributed by atoms with E-state index in [1.807, 2.05) is 37.2 Å². The molecule has 1 saturated heterocycles. The summed E-state index contributed by atoms with van der Waals surface area (Å²) in [4.78, 5) is 34.0. The van der Waals surface area contributed by atoms with Crippen molar-refractivity contribution in [3.63, 3.8) is 0 Å². The number of ether oxygens (including phenoxy) is 1. The van der Waals surface area contributed by atoms with E-state index in [-0.39, 0.29) is 12.0 Å². The molecule has 28 heavy (non-hydrogen) atoms. The lowest BCUT2D eigenvalue weighted by Crippen LogP contribution is -3.27. The number of carbonyl (C=O) groups is 1. The number of hydrogen-bond acceptors (Lipinski definition) is 4. The Morgan fingerprint density at radius 1 is 1.14 bits per heavy atom. The minimum Gasteiger partial charge on any atom is -0.461 e. The molecule has 152 valence electrons. The van der Waals surface area contributed by atoms with Crippen molar-refractivity contribution >= 4 is 22.6 Å². The Kier molecular flexibility index (Phi) is 6.36. The Balaban J connectivity index is 2.03. The maximum atomic E-state index is 13.4. The average Bonchev–Trinajstić information content (AvgIpc) is 2.70. The lowest BCUT2D eigenvalue weighted by atomic mass is 10.1. The number of quaternary nitrogens is 2. The number of H-pyrrole nitrogens is 1. The van der Waals surface area contributed by atoms with Gasteiger partial charge in [0, 0.05) is 25.2 Å². The number of anilines is 1. The average molecular weight is 389 g/mol. The Hall–Kier alpha value is -2.38. The van der Waals surface area contributed by atoms with E-state index in [4.69, 9.17) is 4.74 Å². The summed E-state index contributed by atoms with van der Waals surface area (Å²) in [5.41, 5.74) is 2.39. The predicted octanol–water partition coefficient (Wildman–Crippen LogP) is -0.926. The smallest absolute Gasteiger partial charge is 0.355 e. The Morgan fingerprint density at radius 2 is 1.82 bits per heavy atom. The van der Waals surface area contributed by atoms with E-state index in [1.165, 1.54) is 4.90 Å². The molecule has 0 radical (unpaired) electrons. The number of aromatic amines is 1. The molecule has 2 heterocycles. The van der Waals surface area contributed by atoms with E-state index < -0.39 is 5.97 Å². The van der Waals surface area contributed by atoms with Crippen LogP contribution in [0.3, 0.4) is 0 Å². The van der Waals surface area contributed by atoms with Crippen LogP contribution in [0.1, 0.15) is 29.9 Å². The van der Waals surface area contributed by atoms with Crippen LogP contribution in [0.25, 0.3) is 10.9 Å². The van der Waals surface area contributed by atoms with Gasteiger partial charge >= 0.3 is 5.97 Å². The molecule has 0 bridgehead atoms. The number of nitrogens with zero attached hydrogens (tertiary/aromatic N) is 1. The van der Waals surface area contributed by atoms with Crippen molar-refractivity contribution in [2.75, 3.05) is 58.3 Å². The van der Waals surface area contributed by atoms with E-state index >= 15 is 0 Å². The number of carbonyl (C=O) groups excluding carboxylic acids is 1. The van der Waals surface area contributed by atoms with E-state index in [1.54, 1.807) is 11.8 Å². The summed E-state index contributed by atoms with van der Waals surface area (Å²) in [5, 5.41) is 0.617. The highest BCUT2D eigenvalue weighted by atomic mass is 16.5. The summed E-state index contributed by atoms with van der Waals surface area (Å²) in [6.07, 6.45) is 0. The van der Waals surface area contributed by atoms with Crippen LogP contribution in [0.4, 0.5) is 5.69 Å². The molecule has 0 aliphatic carbocycles. The van der Waals surface area contributed by atoms with Crippen LogP contribution >= 0.6 is 0 Å². The van der Waals surface area contributed by atoms with Gasteiger partial charge in [0.15, 0.2) is 5.43 Å². The summed E-state index contributed by atoms with van der Waals surface area (Å²) in [6, 6.07) is 5.68. The van der Waals surface area contributed by atoms with Gasteiger partial charge < -0.3 is 24.4 Å². The van der Waals surface area contributed by atoms with Crippen LogP contribution < -0.4 is 20.1 Å². The van der Waals surface area contributed by atoms with Crippen molar-refractivity contribution < 1.29 is 19.3 Å². The van der Waals surface area contributed by atoms with Crippen molar-refractivity contribution in [1.82, 2.24) is 4.98 Å².